The molecule has 18 heavy (non-hydrogen) atoms. The molecule has 1 unspecified atom stereocenters. The van der Waals surface area contributed by atoms with Crippen LogP contribution >= 0.6 is 0 Å². The molecule has 0 radical (unpaired) electrons. The molecule has 0 aromatic heterocycles. The fourth-order valence-electron chi connectivity index (χ4n) is 1.42. The number of ether oxygens (including phenoxy) is 2. The highest BCUT2D eigenvalue weighted by atomic mass is 19.3. The molecule has 0 saturated heterocycles. The smallest absolute Gasteiger partial charge is 0.387 e. The van der Waals surface area contributed by atoms with Crippen LogP contribution in [-0.2, 0) is 4.79 Å². The number of rotatable bonds is 7. The van der Waals surface area contributed by atoms with Crippen LogP contribution in [0.2, 0.25) is 0 Å². The van der Waals surface area contributed by atoms with Gasteiger partial charge in [-0.25, -0.2) is 0 Å². The van der Waals surface area contributed by atoms with Gasteiger partial charge in [0.15, 0.2) is 11.5 Å². The van der Waals surface area contributed by atoms with E-state index in [1.165, 1.54) is 18.2 Å². The predicted molar refractivity (Wildman–Crippen MR) is 59.9 cm³/mol. The minimum atomic E-state index is -2.95. The number of carbonyl (C=O) groups excluding carboxylic acids is 1. The van der Waals surface area contributed by atoms with Crippen molar-refractivity contribution in [1.29, 1.82) is 0 Å². The van der Waals surface area contributed by atoms with Gasteiger partial charge in [-0.05, 0) is 24.6 Å². The van der Waals surface area contributed by atoms with Crippen LogP contribution in [0.15, 0.2) is 18.2 Å². The average Bonchev–Trinajstić information content (AvgIpc) is 2.31. The summed E-state index contributed by atoms with van der Waals surface area (Å²) < 4.78 is 33.7. The lowest BCUT2D eigenvalue weighted by atomic mass is 10.1. The van der Waals surface area contributed by atoms with Gasteiger partial charge in [0.2, 0.25) is 0 Å². The van der Waals surface area contributed by atoms with Gasteiger partial charge in [0.25, 0.3) is 0 Å². The zero-order valence-corrected chi connectivity index (χ0v) is 9.81. The predicted octanol–water partition coefficient (Wildman–Crippen LogP) is 2.31. The summed E-state index contributed by atoms with van der Waals surface area (Å²) in [5, 5.41) is 9.61. The maximum atomic E-state index is 12.1. The Labute approximate surface area is 103 Å². The first kappa shape index (κ1) is 14.4. The van der Waals surface area contributed by atoms with E-state index < -0.39 is 12.7 Å². The maximum absolute atomic E-state index is 12.1. The second-order valence-electron chi connectivity index (χ2n) is 3.44. The third-order valence-corrected chi connectivity index (χ3v) is 2.19. The molecular weight excluding hydrogens is 246 g/mol. The van der Waals surface area contributed by atoms with Crippen molar-refractivity contribution in [2.24, 2.45) is 0 Å². The zero-order chi connectivity index (χ0) is 13.5. The number of halogens is 2. The first-order chi connectivity index (χ1) is 8.58. The molecule has 0 aliphatic rings. The van der Waals surface area contributed by atoms with Crippen molar-refractivity contribution >= 4 is 6.29 Å². The lowest BCUT2D eigenvalue weighted by molar-refractivity contribution is -0.109. The van der Waals surface area contributed by atoms with E-state index in [0.717, 1.165) is 0 Å². The monoisotopic (exact) mass is 260 g/mol. The average molecular weight is 260 g/mol. The Morgan fingerprint density at radius 1 is 1.39 bits per heavy atom. The summed E-state index contributed by atoms with van der Waals surface area (Å²) in [6.07, 6.45) is -0.475. The van der Waals surface area contributed by atoms with Gasteiger partial charge >= 0.3 is 6.61 Å². The largest absolute Gasteiger partial charge is 0.490 e. The molecule has 4 nitrogen and oxygen atoms in total. The molecule has 0 spiro atoms. The van der Waals surface area contributed by atoms with Crippen molar-refractivity contribution < 1.29 is 28.2 Å². The molecule has 1 atom stereocenters. The summed E-state index contributed by atoms with van der Waals surface area (Å²) in [7, 11) is 0. The van der Waals surface area contributed by atoms with E-state index in [9.17, 15) is 18.7 Å². The van der Waals surface area contributed by atoms with Crippen molar-refractivity contribution in [1.82, 2.24) is 0 Å². The van der Waals surface area contributed by atoms with Crippen LogP contribution in [-0.4, -0.2) is 24.6 Å². The second-order valence-corrected chi connectivity index (χ2v) is 3.44. The van der Waals surface area contributed by atoms with E-state index in [-0.39, 0.29) is 24.5 Å². The molecule has 1 N–H and O–H groups in total. The summed E-state index contributed by atoms with van der Waals surface area (Å²) >= 11 is 0. The summed E-state index contributed by atoms with van der Waals surface area (Å²) in [6, 6.07) is 4.07. The first-order valence-electron chi connectivity index (χ1n) is 5.41. The molecular formula is C12H14F2O4. The normalized spacial score (nSPS) is 12.3. The molecule has 100 valence electrons. The Morgan fingerprint density at radius 2 is 2.11 bits per heavy atom. The Balaban J connectivity index is 2.97. The molecule has 0 fully saturated rings. The molecule has 0 saturated carbocycles. The van der Waals surface area contributed by atoms with Gasteiger partial charge in [0.05, 0.1) is 12.7 Å². The molecule has 0 aliphatic heterocycles. The van der Waals surface area contributed by atoms with E-state index in [1.54, 1.807) is 6.92 Å². The molecule has 0 bridgehead atoms. The van der Waals surface area contributed by atoms with Gasteiger partial charge in [0.1, 0.15) is 6.29 Å². The van der Waals surface area contributed by atoms with Gasteiger partial charge in [-0.1, -0.05) is 6.07 Å². The minimum Gasteiger partial charge on any atom is -0.490 e. The lowest BCUT2D eigenvalue weighted by Crippen LogP contribution is -2.06. The number of hydrogen-bond acceptors (Lipinski definition) is 4. The Morgan fingerprint density at radius 3 is 2.67 bits per heavy atom. The number of aldehydes is 1. The third kappa shape index (κ3) is 3.96. The van der Waals surface area contributed by atoms with Gasteiger partial charge in [0, 0.05) is 6.42 Å². The van der Waals surface area contributed by atoms with E-state index in [4.69, 9.17) is 4.74 Å². The Bertz CT molecular complexity index is 396. The summed E-state index contributed by atoms with van der Waals surface area (Å²) in [4.78, 5) is 10.3. The van der Waals surface area contributed by atoms with Crippen molar-refractivity contribution in [3.05, 3.63) is 23.8 Å². The topological polar surface area (TPSA) is 55.8 Å². The number of carbonyl (C=O) groups is 1. The van der Waals surface area contributed by atoms with Gasteiger partial charge in [-0.2, -0.15) is 8.78 Å². The Hall–Kier alpha value is -1.69. The van der Waals surface area contributed by atoms with E-state index >= 15 is 0 Å². The van der Waals surface area contributed by atoms with Crippen LogP contribution < -0.4 is 9.47 Å². The fourth-order valence-corrected chi connectivity index (χ4v) is 1.42. The Kier molecular flexibility index (Phi) is 5.51. The lowest BCUT2D eigenvalue weighted by Gasteiger charge is -2.14. The van der Waals surface area contributed by atoms with Crippen LogP contribution in [0.5, 0.6) is 11.5 Å². The van der Waals surface area contributed by atoms with Gasteiger partial charge in [-0.15, -0.1) is 0 Å². The number of aliphatic hydroxyl groups excluding tert-OH is 1. The summed E-state index contributed by atoms with van der Waals surface area (Å²) in [5.41, 5.74) is 0.409. The highest BCUT2D eigenvalue weighted by Gasteiger charge is 2.14. The number of aliphatic hydroxyl groups is 1. The van der Waals surface area contributed by atoms with Crippen molar-refractivity contribution in [3.8, 4) is 11.5 Å². The van der Waals surface area contributed by atoms with Crippen LogP contribution in [0.25, 0.3) is 0 Å². The molecule has 0 aliphatic carbocycles. The molecule has 1 rings (SSSR count). The quantitative estimate of drug-likeness (QED) is 0.764. The molecule has 0 heterocycles. The SMILES string of the molecule is CCOc1cc(C(O)CC=O)ccc1OC(F)F. The number of hydrogen-bond donors (Lipinski definition) is 1. The van der Waals surface area contributed by atoms with E-state index in [0.29, 0.717) is 11.8 Å². The highest BCUT2D eigenvalue weighted by Crippen LogP contribution is 2.32. The van der Waals surface area contributed by atoms with E-state index in [1.807, 2.05) is 0 Å². The first-order valence-corrected chi connectivity index (χ1v) is 5.41. The molecule has 0 amide bonds. The van der Waals surface area contributed by atoms with Crippen LogP contribution in [0.4, 0.5) is 8.78 Å². The number of alkyl halides is 2. The third-order valence-electron chi connectivity index (χ3n) is 2.19. The van der Waals surface area contributed by atoms with Crippen molar-refractivity contribution in [2.75, 3.05) is 6.61 Å². The second kappa shape index (κ2) is 6.90. The van der Waals surface area contributed by atoms with Crippen LogP contribution in [0.1, 0.15) is 25.0 Å². The van der Waals surface area contributed by atoms with Crippen molar-refractivity contribution in [3.63, 3.8) is 0 Å². The zero-order valence-electron chi connectivity index (χ0n) is 9.81. The van der Waals surface area contributed by atoms with Crippen molar-refractivity contribution in [2.45, 2.75) is 26.1 Å². The molecule has 1 aromatic rings. The van der Waals surface area contributed by atoms with Crippen LogP contribution in [0.3, 0.4) is 0 Å². The van der Waals surface area contributed by atoms with Gasteiger partial charge in [-0.3, -0.25) is 0 Å². The minimum absolute atomic E-state index is 0.0688. The van der Waals surface area contributed by atoms with Crippen LogP contribution in [0, 0.1) is 0 Å². The van der Waals surface area contributed by atoms with E-state index in [2.05, 4.69) is 4.74 Å². The maximum Gasteiger partial charge on any atom is 0.387 e. The van der Waals surface area contributed by atoms with Gasteiger partial charge < -0.3 is 19.4 Å². The summed E-state index contributed by atoms with van der Waals surface area (Å²) in [5.74, 6) is 0.00847. The number of benzene rings is 1. The summed E-state index contributed by atoms with van der Waals surface area (Å²) in [6.45, 7) is -0.983. The fraction of sp³-hybridized carbons (Fsp3) is 0.417. The molecule has 6 heteroatoms. The molecule has 1 aromatic carbocycles. The standard InChI is InChI=1S/C12H14F2O4/c1-2-17-11-7-8(9(16)5-6-15)3-4-10(11)18-12(13)14/h3-4,6-7,9,12,16H,2,5H2,1H3. The highest BCUT2D eigenvalue weighted by molar-refractivity contribution is 5.52.